The first-order valence-corrected chi connectivity index (χ1v) is 4.43. The molecule has 0 aromatic heterocycles. The SMILES string of the molecule is CC(=O)O[C@@H]1CC2CCC1C2. The van der Waals surface area contributed by atoms with Crippen molar-refractivity contribution < 1.29 is 9.53 Å². The lowest BCUT2D eigenvalue weighted by molar-refractivity contribution is -0.148. The van der Waals surface area contributed by atoms with Crippen molar-refractivity contribution >= 4 is 5.97 Å². The van der Waals surface area contributed by atoms with Crippen molar-refractivity contribution in [3.8, 4) is 0 Å². The van der Waals surface area contributed by atoms with Crippen molar-refractivity contribution in [2.45, 2.75) is 38.7 Å². The fourth-order valence-electron chi connectivity index (χ4n) is 2.54. The molecule has 0 heterocycles. The molecule has 2 rings (SSSR count). The molecule has 3 atom stereocenters. The molecule has 0 radical (unpaired) electrons. The Labute approximate surface area is 66.9 Å². The molecule has 0 aromatic carbocycles. The molecule has 0 saturated heterocycles. The topological polar surface area (TPSA) is 26.3 Å². The Balaban J connectivity index is 1.92. The van der Waals surface area contributed by atoms with Crippen LogP contribution in [0.15, 0.2) is 0 Å². The van der Waals surface area contributed by atoms with Crippen LogP contribution in [0.2, 0.25) is 0 Å². The van der Waals surface area contributed by atoms with E-state index in [9.17, 15) is 4.79 Å². The van der Waals surface area contributed by atoms with Crippen molar-refractivity contribution in [3.05, 3.63) is 0 Å². The smallest absolute Gasteiger partial charge is 0.302 e. The summed E-state index contributed by atoms with van der Waals surface area (Å²) in [6.07, 6.45) is 5.35. The second-order valence-electron chi connectivity index (χ2n) is 3.82. The van der Waals surface area contributed by atoms with Crippen LogP contribution < -0.4 is 0 Å². The van der Waals surface area contributed by atoms with Crippen LogP contribution in [-0.4, -0.2) is 12.1 Å². The molecule has 2 nitrogen and oxygen atoms in total. The number of ether oxygens (including phenoxy) is 1. The minimum Gasteiger partial charge on any atom is -0.462 e. The Morgan fingerprint density at radius 1 is 1.36 bits per heavy atom. The Bertz CT molecular complexity index is 176. The van der Waals surface area contributed by atoms with Crippen LogP contribution in [0.5, 0.6) is 0 Å². The van der Waals surface area contributed by atoms with Gasteiger partial charge >= 0.3 is 5.97 Å². The normalized spacial score (nSPS) is 41.0. The number of hydrogen-bond donors (Lipinski definition) is 0. The molecule has 0 spiro atoms. The molecule has 0 aliphatic heterocycles. The molecule has 2 bridgehead atoms. The maximum absolute atomic E-state index is 10.7. The predicted molar refractivity (Wildman–Crippen MR) is 41.0 cm³/mol. The van der Waals surface area contributed by atoms with E-state index in [2.05, 4.69) is 0 Å². The van der Waals surface area contributed by atoms with Crippen LogP contribution in [-0.2, 0) is 9.53 Å². The van der Waals surface area contributed by atoms with E-state index in [-0.39, 0.29) is 12.1 Å². The third kappa shape index (κ3) is 1.26. The van der Waals surface area contributed by atoms with E-state index in [1.165, 1.54) is 26.2 Å². The summed E-state index contributed by atoms with van der Waals surface area (Å²) in [6.45, 7) is 1.51. The van der Waals surface area contributed by atoms with Gasteiger partial charge in [0.15, 0.2) is 0 Å². The summed E-state index contributed by atoms with van der Waals surface area (Å²) < 4.78 is 5.21. The van der Waals surface area contributed by atoms with Crippen LogP contribution in [0, 0.1) is 11.8 Å². The molecule has 2 unspecified atom stereocenters. The fraction of sp³-hybridized carbons (Fsp3) is 0.889. The van der Waals surface area contributed by atoms with Crippen LogP contribution in [0.25, 0.3) is 0 Å². The number of carbonyl (C=O) groups excluding carboxylic acids is 1. The highest BCUT2D eigenvalue weighted by Crippen LogP contribution is 2.45. The number of fused-ring (bicyclic) bond motifs is 2. The molecule has 0 amide bonds. The van der Waals surface area contributed by atoms with Gasteiger partial charge in [0.2, 0.25) is 0 Å². The summed E-state index contributed by atoms with van der Waals surface area (Å²) in [5, 5.41) is 0. The van der Waals surface area contributed by atoms with Crippen molar-refractivity contribution in [1.82, 2.24) is 0 Å². The van der Waals surface area contributed by atoms with Gasteiger partial charge in [0.1, 0.15) is 6.10 Å². The average molecular weight is 154 g/mol. The van der Waals surface area contributed by atoms with Crippen molar-refractivity contribution in [2.75, 3.05) is 0 Å². The van der Waals surface area contributed by atoms with Gasteiger partial charge in [-0.05, 0) is 37.5 Å². The molecule has 11 heavy (non-hydrogen) atoms. The van der Waals surface area contributed by atoms with Crippen LogP contribution in [0.4, 0.5) is 0 Å². The molecule has 2 heteroatoms. The predicted octanol–water partition coefficient (Wildman–Crippen LogP) is 1.74. The lowest BCUT2D eigenvalue weighted by atomic mass is 9.98. The summed E-state index contributed by atoms with van der Waals surface area (Å²) in [5.74, 6) is 1.45. The summed E-state index contributed by atoms with van der Waals surface area (Å²) >= 11 is 0. The van der Waals surface area contributed by atoms with Gasteiger partial charge in [0.25, 0.3) is 0 Å². The number of hydrogen-bond acceptors (Lipinski definition) is 2. The maximum atomic E-state index is 10.7. The zero-order chi connectivity index (χ0) is 7.84. The summed E-state index contributed by atoms with van der Waals surface area (Å²) in [5.41, 5.74) is 0. The molecular formula is C9H14O2. The summed E-state index contributed by atoms with van der Waals surface area (Å²) in [4.78, 5) is 10.7. The molecule has 2 fully saturated rings. The minimum absolute atomic E-state index is 0.109. The third-order valence-corrected chi connectivity index (χ3v) is 2.99. The minimum atomic E-state index is -0.109. The Morgan fingerprint density at radius 2 is 2.18 bits per heavy atom. The molecule has 0 N–H and O–H groups in total. The van der Waals surface area contributed by atoms with Crippen LogP contribution >= 0.6 is 0 Å². The van der Waals surface area contributed by atoms with E-state index in [4.69, 9.17) is 4.74 Å². The summed E-state index contributed by atoms with van der Waals surface area (Å²) in [7, 11) is 0. The molecule has 2 aliphatic carbocycles. The van der Waals surface area contributed by atoms with E-state index in [1.807, 2.05) is 0 Å². The summed E-state index contributed by atoms with van der Waals surface area (Å²) in [6, 6.07) is 0. The highest BCUT2D eigenvalue weighted by molar-refractivity contribution is 5.66. The Kier molecular flexibility index (Phi) is 1.63. The van der Waals surface area contributed by atoms with Crippen molar-refractivity contribution in [2.24, 2.45) is 11.8 Å². The highest BCUT2D eigenvalue weighted by Gasteiger charge is 2.41. The lowest BCUT2D eigenvalue weighted by Crippen LogP contribution is -2.22. The highest BCUT2D eigenvalue weighted by atomic mass is 16.5. The van der Waals surface area contributed by atoms with E-state index in [0.29, 0.717) is 5.92 Å². The lowest BCUT2D eigenvalue weighted by Gasteiger charge is -2.20. The molecule has 0 aromatic rings. The van der Waals surface area contributed by atoms with E-state index >= 15 is 0 Å². The fourth-order valence-corrected chi connectivity index (χ4v) is 2.54. The van der Waals surface area contributed by atoms with Gasteiger partial charge in [-0.1, -0.05) is 0 Å². The van der Waals surface area contributed by atoms with Gasteiger partial charge in [-0.15, -0.1) is 0 Å². The molecule has 2 aliphatic rings. The zero-order valence-electron chi connectivity index (χ0n) is 6.88. The van der Waals surface area contributed by atoms with Crippen LogP contribution in [0.3, 0.4) is 0 Å². The Hall–Kier alpha value is -0.530. The van der Waals surface area contributed by atoms with Gasteiger partial charge in [-0.2, -0.15) is 0 Å². The molecule has 2 saturated carbocycles. The van der Waals surface area contributed by atoms with Gasteiger partial charge in [0, 0.05) is 6.92 Å². The second kappa shape index (κ2) is 2.50. The molecule has 62 valence electrons. The number of rotatable bonds is 1. The first-order chi connectivity index (χ1) is 5.25. The largest absolute Gasteiger partial charge is 0.462 e. The quantitative estimate of drug-likeness (QED) is 0.538. The first-order valence-electron chi connectivity index (χ1n) is 4.43. The van der Waals surface area contributed by atoms with E-state index < -0.39 is 0 Å². The number of esters is 1. The molecular weight excluding hydrogens is 140 g/mol. The van der Waals surface area contributed by atoms with Gasteiger partial charge < -0.3 is 4.74 Å². The average Bonchev–Trinajstić information content (AvgIpc) is 2.45. The zero-order valence-corrected chi connectivity index (χ0v) is 6.88. The first kappa shape index (κ1) is 7.14. The standard InChI is InChI=1S/C9H14O2/c1-6(10)11-9-5-7-2-3-8(9)4-7/h7-9H,2-5H2,1H3/t7?,8?,9-/m1/s1. The third-order valence-electron chi connectivity index (χ3n) is 2.99. The number of carbonyl (C=O) groups is 1. The Morgan fingerprint density at radius 3 is 2.64 bits per heavy atom. The van der Waals surface area contributed by atoms with Gasteiger partial charge in [-0.25, -0.2) is 0 Å². The van der Waals surface area contributed by atoms with E-state index in [1.54, 1.807) is 0 Å². The van der Waals surface area contributed by atoms with Gasteiger partial charge in [0.05, 0.1) is 0 Å². The van der Waals surface area contributed by atoms with Crippen molar-refractivity contribution in [1.29, 1.82) is 0 Å². The second-order valence-corrected chi connectivity index (χ2v) is 3.82. The van der Waals surface area contributed by atoms with Gasteiger partial charge in [-0.3, -0.25) is 4.79 Å². The van der Waals surface area contributed by atoms with Crippen LogP contribution in [0.1, 0.15) is 32.6 Å². The monoisotopic (exact) mass is 154 g/mol. The van der Waals surface area contributed by atoms with Crippen molar-refractivity contribution in [3.63, 3.8) is 0 Å². The maximum Gasteiger partial charge on any atom is 0.302 e. The van der Waals surface area contributed by atoms with E-state index in [0.717, 1.165) is 12.3 Å².